The molecule has 63 heavy (non-hydrogen) atoms. The molecule has 1 aliphatic rings. The first-order valence-electron chi connectivity index (χ1n) is 26.3. The molecule has 0 bridgehead atoms. The van der Waals surface area contributed by atoms with Crippen molar-refractivity contribution in [1.82, 2.24) is 5.32 Å². The molecule has 6 N–H and O–H groups in total. The van der Waals surface area contributed by atoms with E-state index < -0.39 is 49.5 Å². The summed E-state index contributed by atoms with van der Waals surface area (Å²) in [5.74, 6) is -0.154. The highest BCUT2D eigenvalue weighted by atomic mass is 16.7. The van der Waals surface area contributed by atoms with Gasteiger partial charge < -0.3 is 40.3 Å². The van der Waals surface area contributed by atoms with Crippen molar-refractivity contribution in [3.63, 3.8) is 0 Å². The lowest BCUT2D eigenvalue weighted by Crippen LogP contribution is -2.60. The number of allylic oxidation sites excluding steroid dienone is 8. The van der Waals surface area contributed by atoms with E-state index in [9.17, 15) is 30.3 Å². The van der Waals surface area contributed by atoms with E-state index in [4.69, 9.17) is 9.47 Å². The SMILES string of the molecule is CC/C=C\C/C=C\C/C=C\C/C=C\CCCCCCCCCCCCCCCCCCCCCCCCCCC(=O)NC(COC1OC(CO)C(O)C(O)C1O)C(O)CCCCC. The lowest BCUT2D eigenvalue weighted by molar-refractivity contribution is -0.302. The lowest BCUT2D eigenvalue weighted by atomic mass is 9.99. The Balaban J connectivity index is 1.91. The lowest BCUT2D eigenvalue weighted by Gasteiger charge is -2.40. The third kappa shape index (κ3) is 34.2. The summed E-state index contributed by atoms with van der Waals surface area (Å²) in [6.07, 6.45) is 51.2. The quantitative estimate of drug-likeness (QED) is 0.0262. The summed E-state index contributed by atoms with van der Waals surface area (Å²) in [7, 11) is 0. The maximum absolute atomic E-state index is 12.8. The van der Waals surface area contributed by atoms with Crippen LogP contribution in [-0.4, -0.2) is 87.5 Å². The number of aliphatic hydroxyl groups excluding tert-OH is 5. The maximum Gasteiger partial charge on any atom is 0.220 e. The van der Waals surface area contributed by atoms with Crippen molar-refractivity contribution in [2.75, 3.05) is 13.2 Å². The summed E-state index contributed by atoms with van der Waals surface area (Å²) in [6, 6.07) is -0.712. The van der Waals surface area contributed by atoms with Crippen molar-refractivity contribution in [3.8, 4) is 0 Å². The van der Waals surface area contributed by atoms with E-state index >= 15 is 0 Å². The summed E-state index contributed by atoms with van der Waals surface area (Å²) in [6.45, 7) is 3.56. The van der Waals surface area contributed by atoms with Gasteiger partial charge in [-0.1, -0.05) is 223 Å². The van der Waals surface area contributed by atoms with Crippen molar-refractivity contribution in [2.45, 2.75) is 275 Å². The Morgan fingerprint density at radius 3 is 1.43 bits per heavy atom. The zero-order valence-electron chi connectivity index (χ0n) is 40.6. The molecule has 0 aromatic rings. The first kappa shape index (κ1) is 59.2. The monoisotopic (exact) mass is 890 g/mol. The Morgan fingerprint density at radius 2 is 0.984 bits per heavy atom. The fourth-order valence-corrected chi connectivity index (χ4v) is 8.27. The first-order valence-corrected chi connectivity index (χ1v) is 26.3. The van der Waals surface area contributed by atoms with Gasteiger partial charge in [-0.05, 0) is 51.4 Å². The van der Waals surface area contributed by atoms with Gasteiger partial charge in [-0.25, -0.2) is 0 Å². The van der Waals surface area contributed by atoms with Crippen LogP contribution < -0.4 is 5.32 Å². The van der Waals surface area contributed by atoms with Crippen LogP contribution in [0.3, 0.4) is 0 Å². The van der Waals surface area contributed by atoms with Gasteiger partial charge in [-0.2, -0.15) is 0 Å². The molecule has 9 heteroatoms. The van der Waals surface area contributed by atoms with E-state index in [1.54, 1.807) is 0 Å². The zero-order chi connectivity index (χ0) is 45.9. The predicted molar refractivity (Wildman–Crippen MR) is 263 cm³/mol. The van der Waals surface area contributed by atoms with Gasteiger partial charge in [-0.3, -0.25) is 4.79 Å². The molecule has 0 aliphatic carbocycles. The predicted octanol–water partition coefficient (Wildman–Crippen LogP) is 12.2. The van der Waals surface area contributed by atoms with Gasteiger partial charge >= 0.3 is 0 Å². The summed E-state index contributed by atoms with van der Waals surface area (Å²) in [5, 5.41) is 53.6. The van der Waals surface area contributed by atoms with Gasteiger partial charge in [0, 0.05) is 6.42 Å². The number of hydrogen-bond donors (Lipinski definition) is 6. The van der Waals surface area contributed by atoms with Crippen LogP contribution in [0.15, 0.2) is 48.6 Å². The fraction of sp³-hybridized carbons (Fsp3) is 0.833. The number of ether oxygens (including phenoxy) is 2. The Morgan fingerprint density at radius 1 is 0.556 bits per heavy atom. The van der Waals surface area contributed by atoms with Crippen LogP contribution in [0.5, 0.6) is 0 Å². The molecule has 0 aromatic heterocycles. The molecule has 1 fully saturated rings. The van der Waals surface area contributed by atoms with Gasteiger partial charge in [-0.15, -0.1) is 0 Å². The van der Waals surface area contributed by atoms with E-state index in [2.05, 4.69) is 67.8 Å². The highest BCUT2D eigenvalue weighted by Gasteiger charge is 2.44. The third-order valence-corrected chi connectivity index (χ3v) is 12.4. The molecule has 0 radical (unpaired) electrons. The smallest absolute Gasteiger partial charge is 0.220 e. The minimum absolute atomic E-state index is 0.141. The Kier molecular flexibility index (Phi) is 41.3. The zero-order valence-corrected chi connectivity index (χ0v) is 40.6. The molecule has 7 unspecified atom stereocenters. The standard InChI is InChI=1S/C54H99NO8/c1-3-5-7-8-9-10-11-12-13-14-15-16-17-18-19-20-21-22-23-24-25-26-27-28-29-30-31-32-33-34-35-36-37-38-39-40-42-44-50(58)55-47(48(57)43-41-6-4-2)46-62-54-53(61)52(60)51(59)49(45-56)63-54/h5,7,9-10,12-13,15-16,47-49,51-54,56-57,59-61H,3-4,6,8,11,14,17-46H2,1-2H3,(H,55,58)/b7-5-,10-9-,13-12-,16-15-. The molecular weight excluding hydrogens is 791 g/mol. The van der Waals surface area contributed by atoms with E-state index in [-0.39, 0.29) is 12.5 Å². The fourth-order valence-electron chi connectivity index (χ4n) is 8.27. The molecule has 0 saturated carbocycles. The van der Waals surface area contributed by atoms with Crippen molar-refractivity contribution in [1.29, 1.82) is 0 Å². The summed E-state index contributed by atoms with van der Waals surface area (Å²) < 4.78 is 11.1. The number of carbonyl (C=O) groups excluding carboxylic acids is 1. The van der Waals surface area contributed by atoms with E-state index in [1.807, 2.05) is 0 Å². The van der Waals surface area contributed by atoms with Crippen LogP contribution in [0.1, 0.15) is 232 Å². The van der Waals surface area contributed by atoms with E-state index in [1.165, 1.54) is 141 Å². The van der Waals surface area contributed by atoms with Gasteiger partial charge in [0.25, 0.3) is 0 Å². The minimum atomic E-state index is -1.55. The summed E-state index contributed by atoms with van der Waals surface area (Å²) in [4.78, 5) is 12.8. The Labute approximate surface area is 386 Å². The Bertz CT molecular complexity index is 1130. The average molecular weight is 890 g/mol. The van der Waals surface area contributed by atoms with Gasteiger partial charge in [0.05, 0.1) is 25.4 Å². The van der Waals surface area contributed by atoms with E-state index in [0.29, 0.717) is 12.8 Å². The van der Waals surface area contributed by atoms with Gasteiger partial charge in [0.2, 0.25) is 5.91 Å². The molecule has 0 aromatic carbocycles. The van der Waals surface area contributed by atoms with Crippen molar-refractivity contribution in [3.05, 3.63) is 48.6 Å². The molecule has 1 aliphatic heterocycles. The van der Waals surface area contributed by atoms with Crippen LogP contribution in [0, 0.1) is 0 Å². The van der Waals surface area contributed by atoms with Crippen LogP contribution in [0.4, 0.5) is 0 Å². The van der Waals surface area contributed by atoms with Crippen LogP contribution in [0.2, 0.25) is 0 Å². The molecule has 368 valence electrons. The van der Waals surface area contributed by atoms with Crippen LogP contribution in [-0.2, 0) is 14.3 Å². The van der Waals surface area contributed by atoms with Crippen molar-refractivity contribution >= 4 is 5.91 Å². The number of aliphatic hydroxyl groups is 5. The number of amides is 1. The second-order valence-electron chi connectivity index (χ2n) is 18.3. The molecule has 1 amide bonds. The Hall–Kier alpha value is -1.85. The second kappa shape index (κ2) is 44.0. The molecule has 7 atom stereocenters. The molecule has 9 nitrogen and oxygen atoms in total. The highest BCUT2D eigenvalue weighted by molar-refractivity contribution is 5.76. The summed E-state index contributed by atoms with van der Waals surface area (Å²) >= 11 is 0. The minimum Gasteiger partial charge on any atom is -0.394 e. The number of carbonyl (C=O) groups is 1. The average Bonchev–Trinajstić information content (AvgIpc) is 3.28. The number of unbranched alkanes of at least 4 members (excludes halogenated alkanes) is 26. The van der Waals surface area contributed by atoms with Crippen LogP contribution in [0.25, 0.3) is 0 Å². The first-order chi connectivity index (χ1) is 30.8. The third-order valence-electron chi connectivity index (χ3n) is 12.4. The van der Waals surface area contributed by atoms with Crippen molar-refractivity contribution < 1.29 is 39.8 Å². The normalized spacial score (nSPS) is 20.5. The number of rotatable bonds is 44. The molecule has 0 spiro atoms. The molecule has 1 saturated heterocycles. The van der Waals surface area contributed by atoms with E-state index in [0.717, 1.165) is 64.2 Å². The summed E-state index contributed by atoms with van der Waals surface area (Å²) in [5.41, 5.74) is 0. The van der Waals surface area contributed by atoms with Crippen LogP contribution >= 0.6 is 0 Å². The molecule has 1 rings (SSSR count). The molecular formula is C54H99NO8. The molecule has 1 heterocycles. The van der Waals surface area contributed by atoms with Crippen molar-refractivity contribution in [2.24, 2.45) is 0 Å². The number of hydrogen-bond acceptors (Lipinski definition) is 8. The van der Waals surface area contributed by atoms with Gasteiger partial charge in [0.1, 0.15) is 24.4 Å². The maximum atomic E-state index is 12.8. The largest absolute Gasteiger partial charge is 0.394 e. The topological polar surface area (TPSA) is 149 Å². The number of nitrogens with one attached hydrogen (secondary N) is 1. The second-order valence-corrected chi connectivity index (χ2v) is 18.3. The highest BCUT2D eigenvalue weighted by Crippen LogP contribution is 2.23. The van der Waals surface area contributed by atoms with Gasteiger partial charge in [0.15, 0.2) is 6.29 Å².